The molecule has 3 rings (SSSR count). The van der Waals surface area contributed by atoms with E-state index in [4.69, 9.17) is 4.74 Å². The molecule has 0 bridgehead atoms. The van der Waals surface area contributed by atoms with Gasteiger partial charge in [-0.25, -0.2) is 9.69 Å². The van der Waals surface area contributed by atoms with Crippen molar-refractivity contribution in [1.82, 2.24) is 4.90 Å². The SMILES string of the molecule is CC(C)(C)OC(=O)N1C(=O)CC2CC3=C(Br)C=CCC3=C21. The van der Waals surface area contributed by atoms with Gasteiger partial charge in [-0.2, -0.15) is 0 Å². The molecule has 1 saturated heterocycles. The molecule has 2 amide bonds. The van der Waals surface area contributed by atoms with Crippen LogP contribution in [0.25, 0.3) is 0 Å². The van der Waals surface area contributed by atoms with Crippen LogP contribution in [0.4, 0.5) is 4.79 Å². The van der Waals surface area contributed by atoms with Crippen molar-refractivity contribution in [1.29, 1.82) is 0 Å². The van der Waals surface area contributed by atoms with Crippen molar-refractivity contribution in [3.05, 3.63) is 33.5 Å². The van der Waals surface area contributed by atoms with Gasteiger partial charge in [0.2, 0.25) is 5.91 Å². The molecule has 1 fully saturated rings. The minimum atomic E-state index is -0.606. The lowest BCUT2D eigenvalue weighted by Crippen LogP contribution is -2.37. The summed E-state index contributed by atoms with van der Waals surface area (Å²) in [6.45, 7) is 5.42. The zero-order valence-electron chi connectivity index (χ0n) is 12.4. The highest BCUT2D eigenvalue weighted by Crippen LogP contribution is 2.49. The Bertz CT molecular complexity index is 622. The Balaban J connectivity index is 1.99. The van der Waals surface area contributed by atoms with Crippen molar-refractivity contribution in [2.45, 2.75) is 45.6 Å². The minimum Gasteiger partial charge on any atom is -0.443 e. The molecule has 0 aromatic heterocycles. The highest BCUT2D eigenvalue weighted by atomic mass is 79.9. The second-order valence-electron chi connectivity index (χ2n) is 6.61. The largest absolute Gasteiger partial charge is 0.443 e. The third-order valence-electron chi connectivity index (χ3n) is 3.87. The van der Waals surface area contributed by atoms with Crippen LogP contribution in [0.3, 0.4) is 0 Å². The number of hydrogen-bond donors (Lipinski definition) is 0. The van der Waals surface area contributed by atoms with Gasteiger partial charge in [-0.05, 0) is 44.8 Å². The number of amides is 2. The molecular formula is C16H18BrNO3. The maximum Gasteiger partial charge on any atom is 0.421 e. The van der Waals surface area contributed by atoms with Gasteiger partial charge < -0.3 is 4.74 Å². The summed E-state index contributed by atoms with van der Waals surface area (Å²) in [5.74, 6) is -0.0380. The van der Waals surface area contributed by atoms with Gasteiger partial charge >= 0.3 is 6.09 Å². The molecule has 1 atom stereocenters. The van der Waals surface area contributed by atoms with E-state index in [9.17, 15) is 9.59 Å². The van der Waals surface area contributed by atoms with Crippen molar-refractivity contribution < 1.29 is 14.3 Å². The van der Waals surface area contributed by atoms with Crippen molar-refractivity contribution >= 4 is 27.9 Å². The predicted octanol–water partition coefficient (Wildman–Crippen LogP) is 4.04. The van der Waals surface area contributed by atoms with Gasteiger partial charge in [0.1, 0.15) is 5.60 Å². The smallest absolute Gasteiger partial charge is 0.421 e. The number of halogens is 1. The highest BCUT2D eigenvalue weighted by Gasteiger charge is 2.47. The number of carbonyl (C=O) groups excluding carboxylic acids is 2. The Kier molecular flexibility index (Phi) is 3.35. The average molecular weight is 352 g/mol. The molecule has 2 aliphatic carbocycles. The molecule has 21 heavy (non-hydrogen) atoms. The lowest BCUT2D eigenvalue weighted by molar-refractivity contribution is -0.126. The number of imide groups is 1. The Hall–Kier alpha value is -1.36. The normalized spacial score (nSPS) is 24.7. The lowest BCUT2D eigenvalue weighted by Gasteiger charge is -2.25. The number of fused-ring (bicyclic) bond motifs is 2. The van der Waals surface area contributed by atoms with Crippen LogP contribution in [0.1, 0.15) is 40.0 Å². The van der Waals surface area contributed by atoms with Gasteiger partial charge in [-0.1, -0.05) is 28.1 Å². The van der Waals surface area contributed by atoms with Crippen LogP contribution in [-0.4, -0.2) is 22.5 Å². The zero-order valence-corrected chi connectivity index (χ0v) is 14.0. The summed E-state index contributed by atoms with van der Waals surface area (Å²) in [6, 6.07) is 0. The summed E-state index contributed by atoms with van der Waals surface area (Å²) < 4.78 is 6.45. The second-order valence-corrected chi connectivity index (χ2v) is 7.47. The molecule has 1 aliphatic heterocycles. The number of allylic oxidation sites excluding steroid dienone is 6. The average Bonchev–Trinajstić information content (AvgIpc) is 2.82. The molecule has 0 spiro atoms. The summed E-state index contributed by atoms with van der Waals surface area (Å²) in [5.41, 5.74) is 2.57. The second kappa shape index (κ2) is 4.83. The maximum atomic E-state index is 12.4. The van der Waals surface area contributed by atoms with Gasteiger partial charge in [-0.3, -0.25) is 4.79 Å². The van der Waals surface area contributed by atoms with Crippen molar-refractivity contribution in [3.8, 4) is 0 Å². The van der Waals surface area contributed by atoms with Crippen LogP contribution in [0.2, 0.25) is 0 Å². The third-order valence-corrected chi connectivity index (χ3v) is 4.62. The molecule has 0 radical (unpaired) electrons. The minimum absolute atomic E-state index is 0.113. The first kappa shape index (κ1) is 14.6. The Morgan fingerprint density at radius 2 is 2.05 bits per heavy atom. The van der Waals surface area contributed by atoms with Crippen LogP contribution in [0.5, 0.6) is 0 Å². The van der Waals surface area contributed by atoms with Crippen LogP contribution >= 0.6 is 15.9 Å². The number of hydrogen-bond acceptors (Lipinski definition) is 3. The fourth-order valence-electron chi connectivity index (χ4n) is 3.15. The highest BCUT2D eigenvalue weighted by molar-refractivity contribution is 9.11. The van der Waals surface area contributed by atoms with Crippen LogP contribution in [0, 0.1) is 5.92 Å². The van der Waals surface area contributed by atoms with Crippen LogP contribution in [0.15, 0.2) is 33.5 Å². The number of carbonyl (C=O) groups is 2. The van der Waals surface area contributed by atoms with E-state index in [1.807, 2.05) is 12.2 Å². The molecule has 112 valence electrons. The van der Waals surface area contributed by atoms with E-state index in [1.165, 1.54) is 10.5 Å². The number of rotatable bonds is 0. The standard InChI is InChI=1S/C16H18BrNO3/c1-16(2,3)21-15(20)18-13(19)8-9-7-11-10(14(9)18)5-4-6-12(11)17/h4,6,9H,5,7-8H2,1-3H3. The molecule has 1 unspecified atom stereocenters. The van der Waals surface area contributed by atoms with Gasteiger partial charge in [0, 0.05) is 22.5 Å². The van der Waals surface area contributed by atoms with Crippen LogP contribution < -0.4 is 0 Å². The van der Waals surface area contributed by atoms with E-state index in [0.717, 1.165) is 28.6 Å². The number of likely N-dealkylation sites (tertiary alicyclic amines) is 1. The molecule has 3 aliphatic rings. The number of ether oxygens (including phenoxy) is 1. The summed E-state index contributed by atoms with van der Waals surface area (Å²) in [4.78, 5) is 25.9. The summed E-state index contributed by atoms with van der Waals surface area (Å²) >= 11 is 3.56. The molecule has 1 heterocycles. The summed E-state index contributed by atoms with van der Waals surface area (Å²) in [6.07, 6.45) is 5.52. The van der Waals surface area contributed by atoms with Gasteiger partial charge in [0.25, 0.3) is 0 Å². The fourth-order valence-corrected chi connectivity index (χ4v) is 3.74. The molecular weight excluding hydrogens is 334 g/mol. The Labute approximate surface area is 132 Å². The molecule has 4 nitrogen and oxygen atoms in total. The van der Waals surface area contributed by atoms with E-state index >= 15 is 0 Å². The van der Waals surface area contributed by atoms with Gasteiger partial charge in [0.15, 0.2) is 0 Å². The molecule has 5 heteroatoms. The third kappa shape index (κ3) is 2.48. The summed E-state index contributed by atoms with van der Waals surface area (Å²) in [5, 5.41) is 0. The first-order valence-corrected chi connectivity index (χ1v) is 7.92. The quantitative estimate of drug-likeness (QED) is 0.661. The molecule has 0 aromatic rings. The summed E-state index contributed by atoms with van der Waals surface area (Å²) in [7, 11) is 0. The first-order valence-electron chi connectivity index (χ1n) is 7.12. The van der Waals surface area contributed by atoms with Gasteiger partial charge in [0.05, 0.1) is 0 Å². The maximum absolute atomic E-state index is 12.4. The van der Waals surface area contributed by atoms with Crippen LogP contribution in [-0.2, 0) is 9.53 Å². The molecule has 0 N–H and O–H groups in total. The predicted molar refractivity (Wildman–Crippen MR) is 82.5 cm³/mol. The zero-order chi connectivity index (χ0) is 15.4. The molecule has 0 saturated carbocycles. The molecule has 0 aromatic carbocycles. The van der Waals surface area contributed by atoms with E-state index in [0.29, 0.717) is 6.42 Å². The number of nitrogens with zero attached hydrogens (tertiary/aromatic N) is 1. The van der Waals surface area contributed by atoms with E-state index in [2.05, 4.69) is 15.9 Å². The van der Waals surface area contributed by atoms with E-state index < -0.39 is 11.7 Å². The Morgan fingerprint density at radius 1 is 1.33 bits per heavy atom. The monoisotopic (exact) mass is 351 g/mol. The van der Waals surface area contributed by atoms with Crippen molar-refractivity contribution in [2.75, 3.05) is 0 Å². The van der Waals surface area contributed by atoms with Gasteiger partial charge in [-0.15, -0.1) is 0 Å². The lowest BCUT2D eigenvalue weighted by atomic mass is 9.99. The van der Waals surface area contributed by atoms with Crippen molar-refractivity contribution in [2.24, 2.45) is 5.92 Å². The topological polar surface area (TPSA) is 46.6 Å². The fraction of sp³-hybridized carbons (Fsp3) is 0.500. The Morgan fingerprint density at radius 3 is 2.71 bits per heavy atom. The van der Waals surface area contributed by atoms with E-state index in [1.54, 1.807) is 20.8 Å². The van der Waals surface area contributed by atoms with E-state index in [-0.39, 0.29) is 11.8 Å². The first-order chi connectivity index (χ1) is 9.78. The van der Waals surface area contributed by atoms with Crippen molar-refractivity contribution in [3.63, 3.8) is 0 Å².